The molecule has 0 radical (unpaired) electrons. The van der Waals surface area contributed by atoms with Crippen molar-refractivity contribution < 1.29 is 0 Å². The lowest BCUT2D eigenvalue weighted by Gasteiger charge is -2.50. The van der Waals surface area contributed by atoms with Crippen LogP contribution in [0.1, 0.15) is 129 Å². The van der Waals surface area contributed by atoms with Gasteiger partial charge in [0, 0.05) is 39.5 Å². The van der Waals surface area contributed by atoms with Gasteiger partial charge in [0.05, 0.1) is 34.3 Å². The molecule has 2 fully saturated rings. The van der Waals surface area contributed by atoms with E-state index >= 15 is 0 Å². The largest absolute Gasteiger partial charge is 0.334 e. The molecule has 6 aromatic carbocycles. The van der Waals surface area contributed by atoms with Crippen molar-refractivity contribution >= 4 is 45.2 Å². The Hall–Kier alpha value is -6.36. The van der Waals surface area contributed by atoms with Gasteiger partial charge in [-0.25, -0.2) is 0 Å². The molecule has 0 amide bonds. The Bertz CT molecular complexity index is 3050. The van der Waals surface area contributed by atoms with E-state index in [4.69, 9.17) is 0 Å². The molecule has 0 saturated heterocycles. The lowest BCUT2D eigenvalue weighted by Crippen LogP contribution is -2.54. The molecule has 4 nitrogen and oxygen atoms in total. The SMILES string of the molecule is CC12CCCCC1(C)N(c1ccc(C#N)cc1)c1ccc(-c3ccc4c5c6c(ccc35)C=CC(c3ccc5c(c3)C3(C)CCCCC3(C)N5c3ccc(C#N)cc3)C6=CC4)cc12. The van der Waals surface area contributed by atoms with Crippen LogP contribution in [0.4, 0.5) is 22.7 Å². The van der Waals surface area contributed by atoms with Crippen LogP contribution < -0.4 is 9.80 Å². The lowest BCUT2D eigenvalue weighted by atomic mass is 9.61. The van der Waals surface area contributed by atoms with Crippen LogP contribution in [0, 0.1) is 22.7 Å². The summed E-state index contributed by atoms with van der Waals surface area (Å²) in [5, 5.41) is 21.9. The third kappa shape index (κ3) is 4.82. The minimum Gasteiger partial charge on any atom is -0.334 e. The first-order chi connectivity index (χ1) is 30.1. The minimum atomic E-state index is -0.0558. The second-order valence-corrected chi connectivity index (χ2v) is 20.0. The molecule has 0 bridgehead atoms. The van der Waals surface area contributed by atoms with Gasteiger partial charge in [0.15, 0.2) is 0 Å². The van der Waals surface area contributed by atoms with E-state index in [-0.39, 0.29) is 27.8 Å². The summed E-state index contributed by atoms with van der Waals surface area (Å²) >= 11 is 0. The standard InChI is InChI=1S/C58H52N4/c1-55-29-5-7-31-57(55,3)61(43-19-9-37(35-59)10-20-43)51-27-17-41(33-49(51)55)45-23-13-39-16-26-48-46(24-14-40-15-25-47(45)53(39)54(40)48)42-18-28-52-50(34-42)56(2)30-6-8-32-58(56,4)62(52)44-21-11-38(36-60)12-22-44/h9-15,17-28,33-34,46H,5-8,16,29-32H2,1-4H3. The Morgan fingerprint density at radius 1 is 0.597 bits per heavy atom. The van der Waals surface area contributed by atoms with E-state index in [1.807, 2.05) is 24.3 Å². The summed E-state index contributed by atoms with van der Waals surface area (Å²) in [5.41, 5.74) is 18.7. The summed E-state index contributed by atoms with van der Waals surface area (Å²) < 4.78 is 0. The highest BCUT2D eigenvalue weighted by Crippen LogP contribution is 2.63. The van der Waals surface area contributed by atoms with Crippen molar-refractivity contribution in [3.8, 4) is 23.3 Å². The topological polar surface area (TPSA) is 54.1 Å². The predicted octanol–water partition coefficient (Wildman–Crippen LogP) is 14.5. The highest BCUT2D eigenvalue weighted by Gasteiger charge is 2.59. The molecule has 0 aromatic heterocycles. The van der Waals surface area contributed by atoms with Crippen LogP contribution in [0.25, 0.3) is 33.5 Å². The smallest absolute Gasteiger partial charge is 0.0991 e. The molecule has 5 atom stereocenters. The fraction of sp³-hybridized carbons (Fsp3) is 0.310. The van der Waals surface area contributed by atoms with E-state index in [0.717, 1.165) is 25.7 Å². The van der Waals surface area contributed by atoms with Gasteiger partial charge in [0.1, 0.15) is 0 Å². The van der Waals surface area contributed by atoms with Gasteiger partial charge >= 0.3 is 0 Å². The predicted molar refractivity (Wildman–Crippen MR) is 254 cm³/mol. The molecule has 0 spiro atoms. The van der Waals surface area contributed by atoms with E-state index in [1.54, 1.807) is 0 Å². The van der Waals surface area contributed by atoms with Crippen molar-refractivity contribution in [2.24, 2.45) is 0 Å². The first-order valence-corrected chi connectivity index (χ1v) is 23.0. The van der Waals surface area contributed by atoms with E-state index in [1.165, 1.54) is 116 Å². The Kier molecular flexibility index (Phi) is 7.89. The van der Waals surface area contributed by atoms with E-state index in [2.05, 4.69) is 153 Å². The van der Waals surface area contributed by atoms with Crippen molar-refractivity contribution in [3.05, 3.63) is 166 Å². The van der Waals surface area contributed by atoms with Gasteiger partial charge in [-0.2, -0.15) is 10.5 Å². The van der Waals surface area contributed by atoms with Crippen LogP contribution in [-0.4, -0.2) is 11.1 Å². The van der Waals surface area contributed by atoms with Crippen molar-refractivity contribution in [2.75, 3.05) is 9.80 Å². The number of hydrogen-bond acceptors (Lipinski definition) is 4. The monoisotopic (exact) mass is 804 g/mol. The van der Waals surface area contributed by atoms with Crippen LogP contribution in [0.5, 0.6) is 0 Å². The van der Waals surface area contributed by atoms with Gasteiger partial charge in [-0.05, 0) is 174 Å². The second kappa shape index (κ2) is 13.1. The van der Waals surface area contributed by atoms with Crippen LogP contribution in [0.2, 0.25) is 0 Å². The fourth-order valence-electron chi connectivity index (χ4n) is 13.6. The zero-order chi connectivity index (χ0) is 42.2. The van der Waals surface area contributed by atoms with Crippen LogP contribution in [-0.2, 0) is 17.3 Å². The number of allylic oxidation sites excluding steroid dienone is 3. The van der Waals surface area contributed by atoms with Gasteiger partial charge < -0.3 is 9.80 Å². The highest BCUT2D eigenvalue weighted by atomic mass is 15.3. The van der Waals surface area contributed by atoms with Crippen molar-refractivity contribution in [1.29, 1.82) is 10.5 Å². The number of hydrogen-bond donors (Lipinski definition) is 0. The Morgan fingerprint density at radius 3 is 1.79 bits per heavy atom. The van der Waals surface area contributed by atoms with Crippen LogP contribution >= 0.6 is 0 Å². The van der Waals surface area contributed by atoms with Crippen LogP contribution in [0.3, 0.4) is 0 Å². The number of benzene rings is 6. The van der Waals surface area contributed by atoms with Gasteiger partial charge in [0.25, 0.3) is 0 Å². The molecule has 304 valence electrons. The summed E-state index contributed by atoms with van der Waals surface area (Å²) in [6.07, 6.45) is 17.8. The van der Waals surface area contributed by atoms with Gasteiger partial charge in [-0.1, -0.05) is 100 Å². The molecule has 2 saturated carbocycles. The molecule has 0 N–H and O–H groups in total. The number of nitriles is 2. The average molecular weight is 805 g/mol. The number of rotatable bonds is 4. The molecule has 5 unspecified atom stereocenters. The summed E-state index contributed by atoms with van der Waals surface area (Å²) in [6, 6.07) is 45.3. The van der Waals surface area contributed by atoms with E-state index in [9.17, 15) is 10.5 Å². The number of anilines is 4. The Balaban J connectivity index is 0.952. The summed E-state index contributed by atoms with van der Waals surface area (Å²) in [5.74, 6) is 0.176. The first-order valence-electron chi connectivity index (χ1n) is 23.0. The number of fused-ring (bicyclic) bond motifs is 6. The molecule has 4 aliphatic carbocycles. The van der Waals surface area contributed by atoms with Crippen LogP contribution in [0.15, 0.2) is 121 Å². The van der Waals surface area contributed by atoms with Gasteiger partial charge in [-0.3, -0.25) is 0 Å². The molecular weight excluding hydrogens is 753 g/mol. The molecule has 2 aliphatic heterocycles. The molecule has 62 heavy (non-hydrogen) atoms. The third-order valence-corrected chi connectivity index (χ3v) is 17.3. The fourth-order valence-corrected chi connectivity index (χ4v) is 13.6. The zero-order valence-corrected chi connectivity index (χ0v) is 36.4. The van der Waals surface area contributed by atoms with Gasteiger partial charge in [-0.15, -0.1) is 0 Å². The molecule has 6 aliphatic rings. The van der Waals surface area contributed by atoms with E-state index in [0.29, 0.717) is 11.1 Å². The summed E-state index contributed by atoms with van der Waals surface area (Å²) in [4.78, 5) is 5.21. The molecule has 2 heterocycles. The quantitative estimate of drug-likeness (QED) is 0.178. The second-order valence-electron chi connectivity index (χ2n) is 20.0. The van der Waals surface area contributed by atoms with Crippen molar-refractivity contribution in [3.63, 3.8) is 0 Å². The third-order valence-electron chi connectivity index (χ3n) is 17.3. The Morgan fingerprint density at radius 2 is 1.18 bits per heavy atom. The van der Waals surface area contributed by atoms with Crippen molar-refractivity contribution in [1.82, 2.24) is 0 Å². The maximum Gasteiger partial charge on any atom is 0.0991 e. The number of nitrogens with zero attached hydrogens (tertiary/aromatic N) is 4. The highest BCUT2D eigenvalue weighted by molar-refractivity contribution is 6.09. The average Bonchev–Trinajstić information content (AvgIpc) is 3.65. The molecule has 4 heteroatoms. The first kappa shape index (κ1) is 37.4. The zero-order valence-electron chi connectivity index (χ0n) is 36.4. The molecular formula is C58H52N4. The summed E-state index contributed by atoms with van der Waals surface area (Å²) in [7, 11) is 0. The maximum absolute atomic E-state index is 9.57. The maximum atomic E-state index is 9.57. The summed E-state index contributed by atoms with van der Waals surface area (Å²) in [6.45, 7) is 9.99. The Labute approximate surface area is 366 Å². The van der Waals surface area contributed by atoms with Gasteiger partial charge in [0.2, 0.25) is 0 Å². The molecule has 12 rings (SSSR count). The van der Waals surface area contributed by atoms with Crippen molar-refractivity contribution in [2.45, 2.75) is 113 Å². The minimum absolute atomic E-state index is 0.000193. The van der Waals surface area contributed by atoms with E-state index < -0.39 is 0 Å². The molecule has 6 aromatic rings. The lowest BCUT2D eigenvalue weighted by molar-refractivity contribution is 0.195. The normalized spacial score (nSPS) is 27.5.